The van der Waals surface area contributed by atoms with E-state index in [1.807, 2.05) is 0 Å². The molecule has 1 radical (unpaired) electrons. The summed E-state index contributed by atoms with van der Waals surface area (Å²) in [4.78, 5) is 0. The molecule has 1 aromatic carbocycles. The summed E-state index contributed by atoms with van der Waals surface area (Å²) in [6.07, 6.45) is 6.31. The van der Waals surface area contributed by atoms with Crippen LogP contribution in [-0.4, -0.2) is 6.61 Å². The highest BCUT2D eigenvalue weighted by Crippen LogP contribution is 2.57. The SMILES string of the molecule is c1ccc(C2([C]3CCCO3)CC2)cc1. The third-order valence-electron chi connectivity index (χ3n) is 3.43. The van der Waals surface area contributed by atoms with Gasteiger partial charge in [0, 0.05) is 12.0 Å². The van der Waals surface area contributed by atoms with E-state index in [1.165, 1.54) is 37.4 Å². The summed E-state index contributed by atoms with van der Waals surface area (Å²) in [5, 5.41) is 0. The Hall–Kier alpha value is -0.820. The van der Waals surface area contributed by atoms with Crippen molar-refractivity contribution in [3.63, 3.8) is 0 Å². The van der Waals surface area contributed by atoms with Crippen LogP contribution in [-0.2, 0) is 10.2 Å². The van der Waals surface area contributed by atoms with Crippen molar-refractivity contribution in [2.75, 3.05) is 6.61 Å². The number of hydrogen-bond donors (Lipinski definition) is 0. The summed E-state index contributed by atoms with van der Waals surface area (Å²) in [6, 6.07) is 10.8. The van der Waals surface area contributed by atoms with Crippen molar-refractivity contribution in [3.05, 3.63) is 42.0 Å². The first-order chi connectivity index (χ1) is 6.92. The van der Waals surface area contributed by atoms with E-state index in [0.29, 0.717) is 5.41 Å². The normalized spacial score (nSPS) is 25.1. The fraction of sp³-hybridized carbons (Fsp3) is 0.462. The maximum absolute atomic E-state index is 5.75. The Morgan fingerprint density at radius 1 is 1.07 bits per heavy atom. The van der Waals surface area contributed by atoms with E-state index < -0.39 is 0 Å². The molecule has 1 aliphatic carbocycles. The zero-order valence-corrected chi connectivity index (χ0v) is 8.33. The van der Waals surface area contributed by atoms with Gasteiger partial charge < -0.3 is 4.74 Å². The molecular formula is C13H15O. The molecule has 0 unspecified atom stereocenters. The summed E-state index contributed by atoms with van der Waals surface area (Å²) < 4.78 is 5.75. The molecule has 1 aliphatic heterocycles. The molecule has 1 nitrogen and oxygen atoms in total. The lowest BCUT2D eigenvalue weighted by Gasteiger charge is -2.21. The summed E-state index contributed by atoms with van der Waals surface area (Å²) in [6.45, 7) is 0.934. The standard InChI is InChI=1S/C13H15O/c1-2-5-11(6-3-1)13(8-9-13)12-7-4-10-14-12/h1-3,5-6H,4,7-10H2. The number of benzene rings is 1. The maximum atomic E-state index is 5.75. The molecule has 73 valence electrons. The van der Waals surface area contributed by atoms with Crippen LogP contribution in [0.15, 0.2) is 30.3 Å². The van der Waals surface area contributed by atoms with Gasteiger partial charge in [0.25, 0.3) is 0 Å². The lowest BCUT2D eigenvalue weighted by atomic mass is 9.88. The van der Waals surface area contributed by atoms with Gasteiger partial charge in [0.05, 0.1) is 0 Å². The second kappa shape index (κ2) is 3.09. The van der Waals surface area contributed by atoms with E-state index in [4.69, 9.17) is 4.74 Å². The van der Waals surface area contributed by atoms with Gasteiger partial charge >= 0.3 is 0 Å². The Labute approximate surface area is 85.1 Å². The molecule has 2 aliphatic rings. The zero-order chi connectivity index (χ0) is 9.43. The average molecular weight is 187 g/mol. The Balaban J connectivity index is 1.89. The van der Waals surface area contributed by atoms with Crippen molar-refractivity contribution >= 4 is 0 Å². The Morgan fingerprint density at radius 3 is 2.43 bits per heavy atom. The molecule has 14 heavy (non-hydrogen) atoms. The molecule has 1 saturated heterocycles. The third-order valence-corrected chi connectivity index (χ3v) is 3.43. The third kappa shape index (κ3) is 1.19. The smallest absolute Gasteiger partial charge is 0.108 e. The van der Waals surface area contributed by atoms with E-state index in [2.05, 4.69) is 30.3 Å². The monoisotopic (exact) mass is 187 g/mol. The van der Waals surface area contributed by atoms with Crippen molar-refractivity contribution in [1.82, 2.24) is 0 Å². The second-order valence-electron chi connectivity index (χ2n) is 4.32. The molecule has 3 rings (SSSR count). The van der Waals surface area contributed by atoms with Gasteiger partial charge in [0.15, 0.2) is 0 Å². The van der Waals surface area contributed by atoms with Crippen LogP contribution < -0.4 is 0 Å². The molecule has 0 bridgehead atoms. The van der Waals surface area contributed by atoms with Crippen molar-refractivity contribution in [1.29, 1.82) is 0 Å². The first kappa shape index (κ1) is 8.49. The number of rotatable bonds is 2. The summed E-state index contributed by atoms with van der Waals surface area (Å²) in [5.74, 6) is 0. The topological polar surface area (TPSA) is 9.23 Å². The zero-order valence-electron chi connectivity index (χ0n) is 8.33. The highest BCUT2D eigenvalue weighted by Gasteiger charge is 2.52. The predicted octanol–water partition coefficient (Wildman–Crippen LogP) is 3.06. The van der Waals surface area contributed by atoms with Gasteiger partial charge in [-0.3, -0.25) is 0 Å². The van der Waals surface area contributed by atoms with Gasteiger partial charge in [0.1, 0.15) is 6.10 Å². The molecule has 0 N–H and O–H groups in total. The van der Waals surface area contributed by atoms with Gasteiger partial charge in [-0.25, -0.2) is 0 Å². The molecular weight excluding hydrogens is 172 g/mol. The van der Waals surface area contributed by atoms with Crippen molar-refractivity contribution < 1.29 is 4.74 Å². The fourth-order valence-corrected chi connectivity index (χ4v) is 2.49. The highest BCUT2D eigenvalue weighted by molar-refractivity contribution is 5.37. The molecule has 0 atom stereocenters. The molecule has 0 amide bonds. The lowest BCUT2D eigenvalue weighted by Crippen LogP contribution is -2.17. The first-order valence-corrected chi connectivity index (χ1v) is 5.46. The van der Waals surface area contributed by atoms with Crippen LogP contribution in [0.1, 0.15) is 31.2 Å². The van der Waals surface area contributed by atoms with Crippen LogP contribution >= 0.6 is 0 Å². The van der Waals surface area contributed by atoms with Crippen LogP contribution in [0.5, 0.6) is 0 Å². The van der Waals surface area contributed by atoms with Crippen molar-refractivity contribution in [3.8, 4) is 0 Å². The molecule has 1 aromatic rings. The van der Waals surface area contributed by atoms with Crippen LogP contribution in [0.3, 0.4) is 0 Å². The van der Waals surface area contributed by atoms with E-state index in [1.54, 1.807) is 0 Å². The van der Waals surface area contributed by atoms with Gasteiger partial charge in [-0.05, 0) is 31.2 Å². The first-order valence-electron chi connectivity index (χ1n) is 5.46. The highest BCUT2D eigenvalue weighted by atomic mass is 16.5. The van der Waals surface area contributed by atoms with Crippen molar-refractivity contribution in [2.24, 2.45) is 0 Å². The lowest BCUT2D eigenvalue weighted by molar-refractivity contribution is 0.169. The Bertz CT molecular complexity index is 307. The maximum Gasteiger partial charge on any atom is 0.108 e. The van der Waals surface area contributed by atoms with E-state index in [-0.39, 0.29) is 0 Å². The van der Waals surface area contributed by atoms with Crippen molar-refractivity contribution in [2.45, 2.75) is 31.1 Å². The number of ether oxygens (including phenoxy) is 1. The Morgan fingerprint density at radius 2 is 1.86 bits per heavy atom. The predicted molar refractivity (Wildman–Crippen MR) is 55.8 cm³/mol. The quantitative estimate of drug-likeness (QED) is 0.691. The fourth-order valence-electron chi connectivity index (χ4n) is 2.49. The van der Waals surface area contributed by atoms with Crippen LogP contribution in [0.25, 0.3) is 0 Å². The Kier molecular flexibility index (Phi) is 1.88. The van der Waals surface area contributed by atoms with Crippen LogP contribution in [0.4, 0.5) is 0 Å². The minimum atomic E-state index is 0.317. The summed E-state index contributed by atoms with van der Waals surface area (Å²) >= 11 is 0. The minimum absolute atomic E-state index is 0.317. The summed E-state index contributed by atoms with van der Waals surface area (Å²) in [5.41, 5.74) is 1.77. The van der Waals surface area contributed by atoms with E-state index in [0.717, 1.165) is 6.61 Å². The number of hydrogen-bond acceptors (Lipinski definition) is 1. The largest absolute Gasteiger partial charge is 0.371 e. The molecule has 1 saturated carbocycles. The second-order valence-corrected chi connectivity index (χ2v) is 4.32. The van der Waals surface area contributed by atoms with Crippen LogP contribution in [0, 0.1) is 6.10 Å². The molecule has 0 aromatic heterocycles. The van der Waals surface area contributed by atoms with Gasteiger partial charge in [-0.2, -0.15) is 0 Å². The average Bonchev–Trinajstić information content (AvgIpc) is 2.88. The van der Waals surface area contributed by atoms with Crippen LogP contribution in [0.2, 0.25) is 0 Å². The molecule has 1 heteroatoms. The molecule has 1 heterocycles. The summed E-state index contributed by atoms with van der Waals surface area (Å²) in [7, 11) is 0. The minimum Gasteiger partial charge on any atom is -0.371 e. The molecule has 0 spiro atoms. The molecule has 2 fully saturated rings. The van der Waals surface area contributed by atoms with E-state index >= 15 is 0 Å². The van der Waals surface area contributed by atoms with Gasteiger partial charge in [0.2, 0.25) is 0 Å². The van der Waals surface area contributed by atoms with Gasteiger partial charge in [-0.15, -0.1) is 0 Å². The van der Waals surface area contributed by atoms with E-state index in [9.17, 15) is 0 Å². The van der Waals surface area contributed by atoms with Gasteiger partial charge in [-0.1, -0.05) is 30.3 Å².